The van der Waals surface area contributed by atoms with Crippen molar-refractivity contribution in [3.8, 4) is 0 Å². The molecule has 0 radical (unpaired) electrons. The Morgan fingerprint density at radius 1 is 1.25 bits per heavy atom. The molecular weight excluding hydrogens is 194 g/mol. The fourth-order valence-corrected chi connectivity index (χ4v) is 1.79. The Morgan fingerprint density at radius 3 is 2.44 bits per heavy atom. The summed E-state index contributed by atoms with van der Waals surface area (Å²) in [4.78, 5) is 0. The molecule has 1 aromatic carbocycles. The maximum absolute atomic E-state index is 6.16. The van der Waals surface area contributed by atoms with Crippen LogP contribution in [-0.2, 0) is 12.8 Å². The molecule has 0 unspecified atom stereocenters. The van der Waals surface area contributed by atoms with E-state index in [1.165, 1.54) is 22.3 Å². The molecule has 2 N–H and O–H groups in total. The molecule has 0 saturated carbocycles. The zero-order chi connectivity index (χ0) is 12.1. The Labute approximate surface area is 98.7 Å². The van der Waals surface area contributed by atoms with Crippen LogP contribution >= 0.6 is 0 Å². The van der Waals surface area contributed by atoms with E-state index < -0.39 is 0 Å². The number of hydrogen-bond donors (Lipinski definition) is 1. The van der Waals surface area contributed by atoms with Crippen LogP contribution in [0.4, 0.5) is 5.69 Å². The lowest BCUT2D eigenvalue weighted by Gasteiger charge is -2.11. The maximum atomic E-state index is 6.16. The van der Waals surface area contributed by atoms with Gasteiger partial charge in [-0.2, -0.15) is 0 Å². The summed E-state index contributed by atoms with van der Waals surface area (Å²) in [5.41, 5.74) is 15.2. The molecule has 0 saturated heterocycles. The van der Waals surface area contributed by atoms with E-state index in [9.17, 15) is 0 Å². The first kappa shape index (κ1) is 12.6. The second-order valence-electron chi connectivity index (χ2n) is 4.20. The number of nitrogens with two attached hydrogens (primary N) is 1. The van der Waals surface area contributed by atoms with Gasteiger partial charge in [0.2, 0.25) is 0 Å². The molecule has 0 aliphatic rings. The highest BCUT2D eigenvalue weighted by molar-refractivity contribution is 5.66. The highest BCUT2D eigenvalue weighted by atomic mass is 14.6. The van der Waals surface area contributed by atoms with E-state index in [1.807, 2.05) is 19.9 Å². The predicted octanol–water partition coefficient (Wildman–Crippen LogP) is 3.97. The number of nitrogen functional groups attached to an aromatic ring is 1. The molecule has 1 heteroatoms. The standard InChI is InChI=1S/C15H21N/c1-5-12-9-10-13(8-7-11(3)4)14(6-2)15(12)16/h8-10H,5-6,16H2,1-4H3. The molecule has 0 aliphatic carbocycles. The van der Waals surface area contributed by atoms with Crippen LogP contribution in [0.15, 0.2) is 23.4 Å². The summed E-state index contributed by atoms with van der Waals surface area (Å²) in [6, 6.07) is 4.26. The Bertz CT molecular complexity index is 431. The van der Waals surface area contributed by atoms with E-state index in [1.54, 1.807) is 0 Å². The molecule has 1 nitrogen and oxygen atoms in total. The number of anilines is 1. The van der Waals surface area contributed by atoms with Crippen LogP contribution in [0.3, 0.4) is 0 Å². The van der Waals surface area contributed by atoms with E-state index in [-0.39, 0.29) is 0 Å². The van der Waals surface area contributed by atoms with Crippen molar-refractivity contribution >= 4 is 11.8 Å². The Kier molecular flexibility index (Phi) is 4.39. The van der Waals surface area contributed by atoms with E-state index in [0.29, 0.717) is 0 Å². The lowest BCUT2D eigenvalue weighted by Crippen LogP contribution is -2.00. The topological polar surface area (TPSA) is 26.0 Å². The molecule has 0 aliphatic heterocycles. The van der Waals surface area contributed by atoms with Gasteiger partial charge in [0, 0.05) is 5.69 Å². The number of hydrogen-bond acceptors (Lipinski definition) is 1. The molecule has 0 heterocycles. The number of aryl methyl sites for hydroxylation is 1. The first-order chi connectivity index (χ1) is 7.60. The average Bonchev–Trinajstić information content (AvgIpc) is 2.26. The van der Waals surface area contributed by atoms with Gasteiger partial charge in [-0.05, 0) is 55.0 Å². The molecule has 1 aromatic rings. The Balaban J connectivity index is 3.32. The second kappa shape index (κ2) is 5.58. The fourth-order valence-electron chi connectivity index (χ4n) is 1.79. The van der Waals surface area contributed by atoms with Gasteiger partial charge in [-0.3, -0.25) is 0 Å². The van der Waals surface area contributed by atoms with Crippen LogP contribution in [0.25, 0.3) is 6.08 Å². The lowest BCUT2D eigenvalue weighted by molar-refractivity contribution is 1.09. The van der Waals surface area contributed by atoms with Gasteiger partial charge in [-0.15, -0.1) is 5.73 Å². The summed E-state index contributed by atoms with van der Waals surface area (Å²) in [5.74, 6) is 0. The molecule has 86 valence electrons. The van der Waals surface area contributed by atoms with Gasteiger partial charge >= 0.3 is 0 Å². The highest BCUT2D eigenvalue weighted by Gasteiger charge is 2.06. The minimum atomic E-state index is 0.953. The third-order valence-electron chi connectivity index (χ3n) is 2.73. The predicted molar refractivity (Wildman–Crippen MR) is 72.4 cm³/mol. The zero-order valence-corrected chi connectivity index (χ0v) is 10.7. The minimum Gasteiger partial charge on any atom is -0.398 e. The van der Waals surface area contributed by atoms with Gasteiger partial charge < -0.3 is 5.73 Å². The SMILES string of the molecule is CCc1ccc(C=C=C(C)C)c(CC)c1N. The van der Waals surface area contributed by atoms with Crippen molar-refractivity contribution < 1.29 is 0 Å². The molecule has 1 rings (SSSR count). The maximum Gasteiger partial charge on any atom is 0.0385 e. The van der Waals surface area contributed by atoms with Crippen molar-refractivity contribution in [1.29, 1.82) is 0 Å². The normalized spacial score (nSPS) is 9.75. The monoisotopic (exact) mass is 215 g/mol. The highest BCUT2D eigenvalue weighted by Crippen LogP contribution is 2.24. The van der Waals surface area contributed by atoms with Crippen LogP contribution in [0.5, 0.6) is 0 Å². The molecule has 0 bridgehead atoms. The molecule has 0 atom stereocenters. The molecule has 16 heavy (non-hydrogen) atoms. The summed E-state index contributed by atoms with van der Waals surface area (Å²) in [5, 5.41) is 0. The van der Waals surface area contributed by atoms with Gasteiger partial charge in [0.05, 0.1) is 0 Å². The first-order valence-corrected chi connectivity index (χ1v) is 5.90. The van der Waals surface area contributed by atoms with Crippen molar-refractivity contribution in [2.24, 2.45) is 0 Å². The van der Waals surface area contributed by atoms with Gasteiger partial charge in [0.25, 0.3) is 0 Å². The molecule has 0 amide bonds. The number of rotatable bonds is 3. The molecular formula is C15H21N. The molecule has 0 spiro atoms. The van der Waals surface area contributed by atoms with Gasteiger partial charge in [-0.1, -0.05) is 26.0 Å². The van der Waals surface area contributed by atoms with E-state index in [4.69, 9.17) is 5.73 Å². The van der Waals surface area contributed by atoms with Crippen molar-refractivity contribution in [1.82, 2.24) is 0 Å². The van der Waals surface area contributed by atoms with E-state index >= 15 is 0 Å². The molecule has 0 aromatic heterocycles. The van der Waals surface area contributed by atoms with E-state index in [0.717, 1.165) is 18.5 Å². The van der Waals surface area contributed by atoms with Crippen LogP contribution in [0.1, 0.15) is 44.4 Å². The summed E-state index contributed by atoms with van der Waals surface area (Å²) in [7, 11) is 0. The minimum absolute atomic E-state index is 0.953. The largest absolute Gasteiger partial charge is 0.398 e. The van der Waals surface area contributed by atoms with Gasteiger partial charge in [-0.25, -0.2) is 0 Å². The Hall–Kier alpha value is -1.46. The number of benzene rings is 1. The third-order valence-corrected chi connectivity index (χ3v) is 2.73. The van der Waals surface area contributed by atoms with Gasteiger partial charge in [0.1, 0.15) is 0 Å². The van der Waals surface area contributed by atoms with E-state index in [2.05, 4.69) is 31.7 Å². The summed E-state index contributed by atoms with van der Waals surface area (Å²) < 4.78 is 0. The van der Waals surface area contributed by atoms with Crippen LogP contribution in [-0.4, -0.2) is 0 Å². The van der Waals surface area contributed by atoms with Crippen molar-refractivity contribution in [3.05, 3.63) is 40.1 Å². The number of allylic oxidation sites excluding steroid dienone is 1. The van der Waals surface area contributed by atoms with Crippen LogP contribution in [0, 0.1) is 0 Å². The quantitative estimate of drug-likeness (QED) is 0.599. The van der Waals surface area contributed by atoms with Crippen LogP contribution in [0.2, 0.25) is 0 Å². The van der Waals surface area contributed by atoms with Crippen LogP contribution < -0.4 is 5.73 Å². The second-order valence-corrected chi connectivity index (χ2v) is 4.20. The molecule has 0 fully saturated rings. The third kappa shape index (κ3) is 2.77. The van der Waals surface area contributed by atoms with Gasteiger partial charge in [0.15, 0.2) is 0 Å². The summed E-state index contributed by atoms with van der Waals surface area (Å²) in [6.45, 7) is 8.37. The lowest BCUT2D eigenvalue weighted by atomic mass is 9.97. The zero-order valence-electron chi connectivity index (χ0n) is 10.7. The van der Waals surface area contributed by atoms with Crippen molar-refractivity contribution in [2.45, 2.75) is 40.5 Å². The van der Waals surface area contributed by atoms with Crippen molar-refractivity contribution in [2.75, 3.05) is 5.73 Å². The summed E-state index contributed by atoms with van der Waals surface area (Å²) in [6.07, 6.45) is 3.99. The smallest absolute Gasteiger partial charge is 0.0385 e. The van der Waals surface area contributed by atoms with Crippen molar-refractivity contribution in [3.63, 3.8) is 0 Å². The fraction of sp³-hybridized carbons (Fsp3) is 0.400. The average molecular weight is 215 g/mol. The summed E-state index contributed by atoms with van der Waals surface area (Å²) >= 11 is 0. The Morgan fingerprint density at radius 2 is 1.94 bits per heavy atom. The first-order valence-electron chi connectivity index (χ1n) is 5.90.